The minimum Gasteiger partial charge on any atom is -0.369 e. The molecule has 0 aromatic heterocycles. The lowest BCUT2D eigenvalue weighted by Gasteiger charge is -2.30. The van der Waals surface area contributed by atoms with Crippen LogP contribution >= 0.6 is 15.9 Å². The Hall–Kier alpha value is -0.540. The van der Waals surface area contributed by atoms with Gasteiger partial charge in [0, 0.05) is 29.3 Å². The zero-order valence-corrected chi connectivity index (χ0v) is 15.2. The first-order valence-corrected chi connectivity index (χ1v) is 9.13. The van der Waals surface area contributed by atoms with E-state index in [1.165, 1.54) is 48.0 Å². The van der Waals surface area contributed by atoms with Crippen molar-refractivity contribution in [2.24, 2.45) is 5.92 Å². The highest BCUT2D eigenvalue weighted by molar-refractivity contribution is 9.10. The van der Waals surface area contributed by atoms with Gasteiger partial charge in [-0.2, -0.15) is 0 Å². The Kier molecular flexibility index (Phi) is 6.56. The van der Waals surface area contributed by atoms with Crippen LogP contribution in [0.5, 0.6) is 0 Å². The van der Waals surface area contributed by atoms with Gasteiger partial charge in [0.15, 0.2) is 0 Å². The van der Waals surface area contributed by atoms with E-state index in [-0.39, 0.29) is 0 Å². The second-order valence-corrected chi connectivity index (χ2v) is 7.55. The number of nitrogens with one attached hydrogen (secondary N) is 1. The van der Waals surface area contributed by atoms with Gasteiger partial charge in [0.2, 0.25) is 0 Å². The zero-order valence-electron chi connectivity index (χ0n) is 13.7. The molecule has 0 saturated carbocycles. The van der Waals surface area contributed by atoms with Gasteiger partial charge in [-0.15, -0.1) is 0 Å². The van der Waals surface area contributed by atoms with E-state index >= 15 is 0 Å². The van der Waals surface area contributed by atoms with Crippen LogP contribution in [0.15, 0.2) is 22.7 Å². The van der Waals surface area contributed by atoms with E-state index in [1.54, 1.807) is 0 Å². The number of benzene rings is 1. The third-order valence-electron chi connectivity index (χ3n) is 4.29. The fourth-order valence-corrected chi connectivity index (χ4v) is 3.52. The number of rotatable bonds is 5. The summed E-state index contributed by atoms with van der Waals surface area (Å²) in [7, 11) is 0. The zero-order chi connectivity index (χ0) is 15.2. The Labute approximate surface area is 138 Å². The van der Waals surface area contributed by atoms with Crippen molar-refractivity contribution in [1.82, 2.24) is 5.32 Å². The SMILES string of the molecule is CC(C)CNCc1ccc(N2CCCCCC2C)cc1Br. The van der Waals surface area contributed by atoms with Gasteiger partial charge in [-0.25, -0.2) is 0 Å². The maximum absolute atomic E-state index is 3.75. The van der Waals surface area contributed by atoms with Crippen molar-refractivity contribution in [2.75, 3.05) is 18.0 Å². The van der Waals surface area contributed by atoms with Crippen molar-refractivity contribution in [3.63, 3.8) is 0 Å². The Morgan fingerprint density at radius 2 is 2.10 bits per heavy atom. The molecule has 1 N–H and O–H groups in total. The van der Waals surface area contributed by atoms with Gasteiger partial charge in [0.05, 0.1) is 0 Å². The molecule has 2 rings (SSSR count). The van der Waals surface area contributed by atoms with Gasteiger partial charge in [-0.05, 0) is 49.9 Å². The van der Waals surface area contributed by atoms with Crippen LogP contribution in [0.2, 0.25) is 0 Å². The van der Waals surface area contributed by atoms with Crippen LogP contribution in [0, 0.1) is 5.92 Å². The summed E-state index contributed by atoms with van der Waals surface area (Å²) in [4.78, 5) is 2.57. The first-order valence-electron chi connectivity index (χ1n) is 8.33. The van der Waals surface area contributed by atoms with Gasteiger partial charge in [0.1, 0.15) is 0 Å². The van der Waals surface area contributed by atoms with Crippen LogP contribution in [0.3, 0.4) is 0 Å². The first kappa shape index (κ1) is 16.8. The van der Waals surface area contributed by atoms with Crippen LogP contribution < -0.4 is 10.2 Å². The van der Waals surface area contributed by atoms with Crippen molar-refractivity contribution in [3.8, 4) is 0 Å². The highest BCUT2D eigenvalue weighted by Gasteiger charge is 2.17. The Morgan fingerprint density at radius 3 is 2.81 bits per heavy atom. The van der Waals surface area contributed by atoms with Crippen LogP contribution in [0.4, 0.5) is 5.69 Å². The third-order valence-corrected chi connectivity index (χ3v) is 5.03. The molecule has 1 aromatic rings. The molecule has 0 radical (unpaired) electrons. The van der Waals surface area contributed by atoms with E-state index in [0.29, 0.717) is 12.0 Å². The smallest absolute Gasteiger partial charge is 0.0380 e. The lowest BCUT2D eigenvalue weighted by atomic mass is 10.1. The quantitative estimate of drug-likeness (QED) is 0.805. The summed E-state index contributed by atoms with van der Waals surface area (Å²) < 4.78 is 1.23. The molecule has 21 heavy (non-hydrogen) atoms. The number of nitrogens with zero attached hydrogens (tertiary/aromatic N) is 1. The molecule has 0 bridgehead atoms. The lowest BCUT2D eigenvalue weighted by molar-refractivity contribution is 0.551. The molecular formula is C18H29BrN2. The molecule has 1 unspecified atom stereocenters. The van der Waals surface area contributed by atoms with Crippen LogP contribution in [-0.2, 0) is 6.54 Å². The predicted molar refractivity (Wildman–Crippen MR) is 96.0 cm³/mol. The summed E-state index contributed by atoms with van der Waals surface area (Å²) in [5, 5.41) is 3.52. The molecule has 1 fully saturated rings. The fraction of sp³-hybridized carbons (Fsp3) is 0.667. The Morgan fingerprint density at radius 1 is 1.29 bits per heavy atom. The average molecular weight is 353 g/mol. The molecular weight excluding hydrogens is 324 g/mol. The molecule has 1 saturated heterocycles. The molecule has 1 aliphatic rings. The third kappa shape index (κ3) is 5.00. The highest BCUT2D eigenvalue weighted by atomic mass is 79.9. The molecule has 118 valence electrons. The maximum Gasteiger partial charge on any atom is 0.0380 e. The van der Waals surface area contributed by atoms with Crippen LogP contribution in [-0.4, -0.2) is 19.1 Å². The number of halogens is 1. The van der Waals surface area contributed by atoms with Gasteiger partial charge in [-0.3, -0.25) is 0 Å². The van der Waals surface area contributed by atoms with E-state index in [1.807, 2.05) is 0 Å². The second kappa shape index (κ2) is 8.19. The summed E-state index contributed by atoms with van der Waals surface area (Å²) in [5.41, 5.74) is 2.71. The van der Waals surface area contributed by atoms with Crippen molar-refractivity contribution in [3.05, 3.63) is 28.2 Å². The summed E-state index contributed by atoms with van der Waals surface area (Å²) >= 11 is 3.75. The normalized spacial score (nSPS) is 19.9. The van der Waals surface area contributed by atoms with Gasteiger partial charge >= 0.3 is 0 Å². The number of anilines is 1. The summed E-state index contributed by atoms with van der Waals surface area (Å²) in [5.74, 6) is 0.695. The van der Waals surface area contributed by atoms with Gasteiger partial charge in [0.25, 0.3) is 0 Å². The van der Waals surface area contributed by atoms with E-state index in [9.17, 15) is 0 Å². The molecule has 0 amide bonds. The van der Waals surface area contributed by atoms with Crippen molar-refractivity contribution in [2.45, 2.75) is 59.0 Å². The average Bonchev–Trinajstić information content (AvgIpc) is 2.65. The molecule has 1 heterocycles. The number of hydrogen-bond acceptors (Lipinski definition) is 2. The highest BCUT2D eigenvalue weighted by Crippen LogP contribution is 2.28. The second-order valence-electron chi connectivity index (χ2n) is 6.69. The Bertz CT molecular complexity index is 445. The minimum atomic E-state index is 0.657. The largest absolute Gasteiger partial charge is 0.369 e. The summed E-state index contributed by atoms with van der Waals surface area (Å²) in [6, 6.07) is 7.52. The predicted octanol–water partition coefficient (Wildman–Crippen LogP) is 4.96. The van der Waals surface area contributed by atoms with E-state index in [4.69, 9.17) is 0 Å². The van der Waals surface area contributed by atoms with Crippen molar-refractivity contribution >= 4 is 21.6 Å². The van der Waals surface area contributed by atoms with Crippen molar-refractivity contribution in [1.29, 1.82) is 0 Å². The van der Waals surface area contributed by atoms with Gasteiger partial charge < -0.3 is 10.2 Å². The van der Waals surface area contributed by atoms with E-state index in [2.05, 4.69) is 65.1 Å². The topological polar surface area (TPSA) is 15.3 Å². The maximum atomic E-state index is 3.75. The van der Waals surface area contributed by atoms with Gasteiger partial charge in [-0.1, -0.05) is 48.7 Å². The summed E-state index contributed by atoms with van der Waals surface area (Å²) in [6.07, 6.45) is 5.38. The van der Waals surface area contributed by atoms with Crippen molar-refractivity contribution < 1.29 is 0 Å². The molecule has 1 aliphatic heterocycles. The van der Waals surface area contributed by atoms with E-state index in [0.717, 1.165) is 13.1 Å². The molecule has 1 aromatic carbocycles. The Balaban J connectivity index is 2.03. The number of hydrogen-bond donors (Lipinski definition) is 1. The standard InChI is InChI=1S/C18H29BrN2/c1-14(2)12-20-13-16-8-9-17(11-18(16)19)21-10-6-4-5-7-15(21)3/h8-9,11,14-15,20H,4-7,10,12-13H2,1-3H3. The summed E-state index contributed by atoms with van der Waals surface area (Å²) in [6.45, 7) is 10.0. The first-order chi connectivity index (χ1) is 10.1. The molecule has 1 atom stereocenters. The van der Waals surface area contributed by atoms with Crippen LogP contribution in [0.25, 0.3) is 0 Å². The molecule has 3 heteroatoms. The minimum absolute atomic E-state index is 0.657. The molecule has 0 spiro atoms. The van der Waals surface area contributed by atoms with E-state index < -0.39 is 0 Å². The van der Waals surface area contributed by atoms with Crippen LogP contribution in [0.1, 0.15) is 52.0 Å². The molecule has 0 aliphatic carbocycles. The molecule has 2 nitrogen and oxygen atoms in total. The fourth-order valence-electron chi connectivity index (χ4n) is 3.01. The monoisotopic (exact) mass is 352 g/mol. The lowest BCUT2D eigenvalue weighted by Crippen LogP contribution is -2.32.